The summed E-state index contributed by atoms with van der Waals surface area (Å²) in [5.74, 6) is -1.43. The molecule has 0 bridgehead atoms. The van der Waals surface area contributed by atoms with Crippen LogP contribution >= 0.6 is 30.5 Å². The van der Waals surface area contributed by atoms with Crippen molar-refractivity contribution in [1.29, 1.82) is 0 Å². The lowest BCUT2D eigenvalue weighted by Gasteiger charge is -2.17. The Hall–Kier alpha value is -2.36. The van der Waals surface area contributed by atoms with Crippen molar-refractivity contribution in [2.75, 3.05) is 0 Å². The monoisotopic (exact) mass is 491 g/mol. The molecule has 2 aromatic carbocycles. The van der Waals surface area contributed by atoms with Crippen molar-refractivity contribution in [2.45, 2.75) is 12.0 Å². The van der Waals surface area contributed by atoms with E-state index in [2.05, 4.69) is 10.1 Å². The molecule has 3 aromatic rings. The van der Waals surface area contributed by atoms with Gasteiger partial charge in [-0.05, 0) is 58.3 Å². The van der Waals surface area contributed by atoms with E-state index < -0.39 is 31.3 Å². The number of ether oxygens (including phenoxy) is 1. The van der Waals surface area contributed by atoms with Gasteiger partial charge in [-0.3, -0.25) is 9.36 Å². The van der Waals surface area contributed by atoms with Gasteiger partial charge >= 0.3 is 14.0 Å². The Balaban J connectivity index is 1.82. The molecule has 0 fully saturated rings. The second-order valence-electron chi connectivity index (χ2n) is 6.29. The predicted molar refractivity (Wildman–Crippen MR) is 112 cm³/mol. The summed E-state index contributed by atoms with van der Waals surface area (Å²) in [5.41, 5.74) is -1.39. The van der Waals surface area contributed by atoms with E-state index in [0.29, 0.717) is 15.1 Å². The van der Waals surface area contributed by atoms with Crippen molar-refractivity contribution >= 4 is 52.6 Å². The van der Waals surface area contributed by atoms with E-state index in [4.69, 9.17) is 11.6 Å². The van der Waals surface area contributed by atoms with E-state index in [9.17, 15) is 32.3 Å². The maximum Gasteiger partial charge on any atom is 0.573 e. The third-order valence-electron chi connectivity index (χ3n) is 4.04. The molecule has 0 aliphatic rings. The zero-order valence-corrected chi connectivity index (χ0v) is 17.8. The quantitative estimate of drug-likeness (QED) is 0.398. The number of hydrogen-bond acceptors (Lipinski definition) is 4. The molecule has 12 heteroatoms. The molecule has 164 valence electrons. The van der Waals surface area contributed by atoms with Gasteiger partial charge in [0.2, 0.25) is 5.91 Å². The van der Waals surface area contributed by atoms with E-state index in [1.807, 2.05) is 0 Å². The molecule has 1 amide bonds. The summed E-state index contributed by atoms with van der Waals surface area (Å²) in [5, 5.41) is 4.54. The maximum atomic E-state index is 12.6. The van der Waals surface area contributed by atoms with E-state index in [1.165, 1.54) is 41.0 Å². The minimum Gasteiger partial charge on any atom is -0.406 e. The molecule has 0 radical (unpaired) electrons. The fourth-order valence-corrected chi connectivity index (χ4v) is 5.02. The van der Waals surface area contributed by atoms with Crippen LogP contribution in [0.4, 0.5) is 13.2 Å². The van der Waals surface area contributed by atoms with Crippen LogP contribution in [-0.2, 0) is 9.36 Å². The van der Waals surface area contributed by atoms with E-state index >= 15 is 0 Å². The molecule has 1 unspecified atom stereocenters. The third-order valence-corrected chi connectivity index (χ3v) is 6.44. The molecule has 0 aliphatic heterocycles. The second kappa shape index (κ2) is 9.02. The summed E-state index contributed by atoms with van der Waals surface area (Å²) >= 11 is 7.17. The van der Waals surface area contributed by atoms with Gasteiger partial charge in [-0.2, -0.15) is 0 Å². The van der Waals surface area contributed by atoms with Crippen LogP contribution in [0, 0.1) is 0 Å². The number of carbonyl (C=O) groups excluding carboxylic acids is 1. The van der Waals surface area contributed by atoms with Gasteiger partial charge in [0, 0.05) is 15.9 Å². The highest BCUT2D eigenvalue weighted by atomic mass is 35.5. The first-order valence-electron chi connectivity index (χ1n) is 8.49. The second-order valence-corrected chi connectivity index (χ2v) is 9.33. The van der Waals surface area contributed by atoms with Crippen LogP contribution in [0.3, 0.4) is 0 Å². The molecule has 3 N–H and O–H groups in total. The Bertz CT molecular complexity index is 1190. The lowest BCUT2D eigenvalue weighted by Crippen LogP contribution is -2.25. The van der Waals surface area contributed by atoms with Crippen molar-refractivity contribution in [3.8, 4) is 5.75 Å². The van der Waals surface area contributed by atoms with Gasteiger partial charge in [0.25, 0.3) is 0 Å². The number of carbonyl (C=O) groups is 1. The largest absolute Gasteiger partial charge is 0.573 e. The molecule has 0 spiro atoms. The number of thiophene rings is 1. The van der Waals surface area contributed by atoms with Crippen LogP contribution in [0.2, 0.25) is 5.02 Å². The molecular formula is C19H14ClF3NO5PS. The normalized spacial score (nSPS) is 13.5. The van der Waals surface area contributed by atoms with Gasteiger partial charge in [0.05, 0.1) is 0 Å². The zero-order chi connectivity index (χ0) is 22.8. The number of benzene rings is 2. The Kier molecular flexibility index (Phi) is 6.78. The molecular weight excluding hydrogens is 478 g/mol. The van der Waals surface area contributed by atoms with E-state index in [1.54, 1.807) is 12.1 Å². The number of rotatable bonds is 6. The number of fused-ring (bicyclic) bond motifs is 1. The number of halogens is 4. The number of amides is 1. The standard InChI is InChI=1S/C19H14ClF3NO5PS/c20-12-4-5-16-14(9-12)15(10-31-16)17(30(26,27)28)18(25)24-7-6-11-2-1-3-13(8-11)29-19(21,22)23/h1-10,17H,(H,24,25)(H2,26,27,28)/b7-6+. The minimum atomic E-state index is -4.91. The summed E-state index contributed by atoms with van der Waals surface area (Å²) in [6.45, 7) is 0. The molecule has 1 heterocycles. The van der Waals surface area contributed by atoms with Gasteiger partial charge in [0.1, 0.15) is 5.75 Å². The number of hydrogen-bond donors (Lipinski definition) is 3. The first kappa shape index (κ1) is 23.3. The summed E-state index contributed by atoms with van der Waals surface area (Å²) in [4.78, 5) is 32.2. The fraction of sp³-hybridized carbons (Fsp3) is 0.105. The van der Waals surface area contributed by atoms with E-state index in [-0.39, 0.29) is 11.1 Å². The molecule has 1 aromatic heterocycles. The summed E-state index contributed by atoms with van der Waals surface area (Å²) in [6.07, 6.45) is -2.50. The molecule has 31 heavy (non-hydrogen) atoms. The molecule has 6 nitrogen and oxygen atoms in total. The third kappa shape index (κ3) is 6.09. The number of nitrogens with one attached hydrogen (secondary N) is 1. The predicted octanol–water partition coefficient (Wildman–Crippen LogP) is 5.46. The average Bonchev–Trinajstić information content (AvgIpc) is 3.02. The molecule has 0 saturated carbocycles. The van der Waals surface area contributed by atoms with Gasteiger partial charge in [-0.15, -0.1) is 24.5 Å². The smallest absolute Gasteiger partial charge is 0.406 e. The molecule has 0 aliphatic carbocycles. The molecule has 0 saturated heterocycles. The molecule has 1 atom stereocenters. The zero-order valence-electron chi connectivity index (χ0n) is 15.3. The van der Waals surface area contributed by atoms with Gasteiger partial charge in [-0.25, -0.2) is 0 Å². The van der Waals surface area contributed by atoms with Gasteiger partial charge in [-0.1, -0.05) is 23.7 Å². The highest BCUT2D eigenvalue weighted by molar-refractivity contribution is 7.53. The topological polar surface area (TPSA) is 95.9 Å². The van der Waals surface area contributed by atoms with Crippen LogP contribution in [0.1, 0.15) is 16.8 Å². The number of alkyl halides is 3. The van der Waals surface area contributed by atoms with Crippen molar-refractivity contribution in [2.24, 2.45) is 0 Å². The van der Waals surface area contributed by atoms with Crippen LogP contribution in [0.15, 0.2) is 54.0 Å². The van der Waals surface area contributed by atoms with Crippen molar-refractivity contribution in [1.82, 2.24) is 5.32 Å². The summed E-state index contributed by atoms with van der Waals surface area (Å²) in [7, 11) is -4.91. The Morgan fingerprint density at radius 2 is 1.97 bits per heavy atom. The van der Waals surface area contributed by atoms with Crippen molar-refractivity contribution < 1.29 is 37.1 Å². The minimum absolute atomic E-state index is 0.127. The Morgan fingerprint density at radius 3 is 2.65 bits per heavy atom. The lowest BCUT2D eigenvalue weighted by molar-refractivity contribution is -0.274. The van der Waals surface area contributed by atoms with Crippen LogP contribution < -0.4 is 10.1 Å². The van der Waals surface area contributed by atoms with Crippen LogP contribution in [0.5, 0.6) is 5.75 Å². The first-order valence-corrected chi connectivity index (χ1v) is 11.4. The van der Waals surface area contributed by atoms with Crippen LogP contribution in [-0.4, -0.2) is 22.1 Å². The van der Waals surface area contributed by atoms with Crippen LogP contribution in [0.25, 0.3) is 16.2 Å². The first-order chi connectivity index (χ1) is 14.4. The molecule has 3 rings (SSSR count). The summed E-state index contributed by atoms with van der Waals surface area (Å²) in [6, 6.07) is 9.79. The summed E-state index contributed by atoms with van der Waals surface area (Å²) < 4.78 is 53.6. The van der Waals surface area contributed by atoms with Gasteiger partial charge in [0.15, 0.2) is 5.66 Å². The van der Waals surface area contributed by atoms with Crippen molar-refractivity contribution in [3.63, 3.8) is 0 Å². The van der Waals surface area contributed by atoms with Crippen molar-refractivity contribution in [3.05, 3.63) is 70.2 Å². The van der Waals surface area contributed by atoms with E-state index in [0.717, 1.165) is 18.3 Å². The Morgan fingerprint density at radius 1 is 1.23 bits per heavy atom. The lowest BCUT2D eigenvalue weighted by atomic mass is 10.1. The highest BCUT2D eigenvalue weighted by Crippen LogP contribution is 2.54. The Labute approximate surface area is 183 Å². The average molecular weight is 492 g/mol. The SMILES string of the molecule is O=C(N/C=C/c1cccc(OC(F)(F)F)c1)C(c1csc2ccc(Cl)cc12)P(=O)(O)O. The fourth-order valence-electron chi connectivity index (χ4n) is 2.82. The highest BCUT2D eigenvalue weighted by Gasteiger charge is 2.38. The van der Waals surface area contributed by atoms with Gasteiger partial charge < -0.3 is 19.8 Å². The maximum absolute atomic E-state index is 12.6.